The van der Waals surface area contributed by atoms with Crippen LogP contribution in [0.25, 0.3) is 0 Å². The summed E-state index contributed by atoms with van der Waals surface area (Å²) in [6, 6.07) is 5.07. The van der Waals surface area contributed by atoms with Crippen molar-refractivity contribution in [3.05, 3.63) is 35.4 Å². The quantitative estimate of drug-likeness (QED) is 0.920. The van der Waals surface area contributed by atoms with Crippen LogP contribution in [0.4, 0.5) is 4.39 Å². The predicted molar refractivity (Wildman–Crippen MR) is 69.0 cm³/mol. The Hall–Kier alpha value is -1.40. The minimum atomic E-state index is -0.201. The summed E-state index contributed by atoms with van der Waals surface area (Å²) in [6.45, 7) is 2.38. The van der Waals surface area contributed by atoms with Crippen molar-refractivity contribution in [1.82, 2.24) is 20.1 Å². The van der Waals surface area contributed by atoms with Crippen LogP contribution in [0.2, 0.25) is 0 Å². The number of aromatic nitrogens is 3. The predicted octanol–water partition coefficient (Wildman–Crippen LogP) is 2.13. The van der Waals surface area contributed by atoms with E-state index >= 15 is 0 Å². The molecule has 96 valence electrons. The van der Waals surface area contributed by atoms with Crippen molar-refractivity contribution in [2.24, 2.45) is 7.05 Å². The van der Waals surface area contributed by atoms with Gasteiger partial charge in [-0.05, 0) is 37.9 Å². The number of hydrogen-bond acceptors (Lipinski definition) is 4. The fraction of sp³-hybridized carbons (Fsp3) is 0.333. The summed E-state index contributed by atoms with van der Waals surface area (Å²) in [5.41, 5.74) is 0.658. The molecule has 6 heteroatoms. The lowest BCUT2D eigenvalue weighted by Crippen LogP contribution is -2.08. The van der Waals surface area contributed by atoms with Gasteiger partial charge in [-0.1, -0.05) is 6.07 Å². The fourth-order valence-electron chi connectivity index (χ4n) is 1.56. The van der Waals surface area contributed by atoms with E-state index in [-0.39, 0.29) is 5.82 Å². The Kier molecular flexibility index (Phi) is 3.98. The molecular formula is C12H15FN4S. The third-order valence-corrected chi connectivity index (χ3v) is 3.82. The van der Waals surface area contributed by atoms with Gasteiger partial charge >= 0.3 is 0 Å². The molecule has 0 aliphatic carbocycles. The van der Waals surface area contributed by atoms with Gasteiger partial charge in [0.2, 0.25) is 0 Å². The highest BCUT2D eigenvalue weighted by atomic mass is 32.2. The topological polar surface area (TPSA) is 42.7 Å². The van der Waals surface area contributed by atoms with E-state index in [1.807, 2.05) is 24.6 Å². The Bertz CT molecular complexity index is 553. The summed E-state index contributed by atoms with van der Waals surface area (Å²) >= 11 is 1.43. The van der Waals surface area contributed by atoms with Crippen LogP contribution in [0.3, 0.4) is 0 Å². The molecule has 0 aliphatic rings. The van der Waals surface area contributed by atoms with E-state index in [2.05, 4.69) is 15.5 Å². The Morgan fingerprint density at radius 1 is 1.39 bits per heavy atom. The van der Waals surface area contributed by atoms with Crippen molar-refractivity contribution < 1.29 is 4.39 Å². The Morgan fingerprint density at radius 2 is 2.17 bits per heavy atom. The van der Waals surface area contributed by atoms with Crippen LogP contribution in [0.15, 0.2) is 28.3 Å². The molecule has 1 aromatic carbocycles. The molecule has 0 saturated heterocycles. The molecule has 4 nitrogen and oxygen atoms in total. The van der Waals surface area contributed by atoms with E-state index in [0.29, 0.717) is 12.1 Å². The van der Waals surface area contributed by atoms with E-state index < -0.39 is 0 Å². The Labute approximate surface area is 110 Å². The van der Waals surface area contributed by atoms with Gasteiger partial charge in [0.15, 0.2) is 5.16 Å². The summed E-state index contributed by atoms with van der Waals surface area (Å²) in [5, 5.41) is 11.8. The minimum absolute atomic E-state index is 0.201. The summed E-state index contributed by atoms with van der Waals surface area (Å²) in [7, 11) is 3.70. The third kappa shape index (κ3) is 2.54. The number of aryl methyl sites for hydroxylation is 1. The maximum Gasteiger partial charge on any atom is 0.195 e. The molecule has 1 aromatic heterocycles. The molecule has 2 rings (SSSR count). The molecule has 2 aromatic rings. The average Bonchev–Trinajstić information content (AvgIpc) is 2.66. The molecule has 0 radical (unpaired) electrons. The third-order valence-electron chi connectivity index (χ3n) is 2.68. The zero-order chi connectivity index (χ0) is 13.1. The van der Waals surface area contributed by atoms with Gasteiger partial charge in [0, 0.05) is 24.1 Å². The van der Waals surface area contributed by atoms with Crippen LogP contribution in [-0.2, 0) is 13.6 Å². The zero-order valence-electron chi connectivity index (χ0n) is 10.6. The number of nitrogens with one attached hydrogen (secondary N) is 1. The van der Waals surface area contributed by atoms with Crippen LogP contribution >= 0.6 is 11.8 Å². The maximum atomic E-state index is 13.7. The number of rotatable bonds is 4. The first-order valence-electron chi connectivity index (χ1n) is 5.59. The van der Waals surface area contributed by atoms with Crippen molar-refractivity contribution in [3.8, 4) is 0 Å². The molecule has 0 saturated carbocycles. The normalized spacial score (nSPS) is 10.9. The van der Waals surface area contributed by atoms with E-state index in [1.165, 1.54) is 17.8 Å². The van der Waals surface area contributed by atoms with Gasteiger partial charge in [-0.3, -0.25) is 0 Å². The SMILES string of the molecule is CNCc1c(F)cccc1Sc1nnc(C)n1C. The second kappa shape index (κ2) is 5.49. The van der Waals surface area contributed by atoms with Crippen LogP contribution < -0.4 is 5.32 Å². The van der Waals surface area contributed by atoms with Gasteiger partial charge in [0.05, 0.1) is 0 Å². The molecule has 1 heterocycles. The molecule has 0 aliphatic heterocycles. The minimum Gasteiger partial charge on any atom is -0.316 e. The zero-order valence-corrected chi connectivity index (χ0v) is 11.4. The van der Waals surface area contributed by atoms with Gasteiger partial charge in [0.1, 0.15) is 11.6 Å². The van der Waals surface area contributed by atoms with Crippen LogP contribution in [0.5, 0.6) is 0 Å². The van der Waals surface area contributed by atoms with Crippen molar-refractivity contribution in [2.45, 2.75) is 23.5 Å². The van der Waals surface area contributed by atoms with Crippen LogP contribution in [0, 0.1) is 12.7 Å². The highest BCUT2D eigenvalue weighted by Gasteiger charge is 2.12. The van der Waals surface area contributed by atoms with Gasteiger partial charge in [0.25, 0.3) is 0 Å². The van der Waals surface area contributed by atoms with Crippen molar-refractivity contribution in [1.29, 1.82) is 0 Å². The molecule has 1 N–H and O–H groups in total. The van der Waals surface area contributed by atoms with Crippen molar-refractivity contribution in [2.75, 3.05) is 7.05 Å². The second-order valence-electron chi connectivity index (χ2n) is 3.94. The van der Waals surface area contributed by atoms with Gasteiger partial charge in [-0.15, -0.1) is 10.2 Å². The Morgan fingerprint density at radius 3 is 2.78 bits per heavy atom. The van der Waals surface area contributed by atoms with Gasteiger partial charge in [-0.2, -0.15) is 0 Å². The number of hydrogen-bond donors (Lipinski definition) is 1. The lowest BCUT2D eigenvalue weighted by molar-refractivity contribution is 0.593. The number of halogens is 1. The first-order valence-corrected chi connectivity index (χ1v) is 6.41. The molecule has 0 unspecified atom stereocenters. The van der Waals surface area contributed by atoms with Crippen molar-refractivity contribution in [3.63, 3.8) is 0 Å². The first kappa shape index (κ1) is 13.0. The van der Waals surface area contributed by atoms with Crippen LogP contribution in [-0.4, -0.2) is 21.8 Å². The van der Waals surface area contributed by atoms with E-state index in [0.717, 1.165) is 15.9 Å². The fourth-order valence-corrected chi connectivity index (χ4v) is 2.54. The molecule has 0 bridgehead atoms. The lowest BCUT2D eigenvalue weighted by atomic mass is 10.2. The van der Waals surface area contributed by atoms with E-state index in [9.17, 15) is 4.39 Å². The number of nitrogens with zero attached hydrogens (tertiary/aromatic N) is 3. The highest BCUT2D eigenvalue weighted by molar-refractivity contribution is 7.99. The molecule has 18 heavy (non-hydrogen) atoms. The summed E-state index contributed by atoms with van der Waals surface area (Å²) < 4.78 is 15.6. The maximum absolute atomic E-state index is 13.7. The average molecular weight is 266 g/mol. The summed E-state index contributed by atoms with van der Waals surface area (Å²) in [5.74, 6) is 0.636. The molecule has 0 fully saturated rings. The summed E-state index contributed by atoms with van der Waals surface area (Å²) in [6.07, 6.45) is 0. The van der Waals surface area contributed by atoms with Crippen molar-refractivity contribution >= 4 is 11.8 Å². The largest absolute Gasteiger partial charge is 0.316 e. The number of benzene rings is 1. The van der Waals surface area contributed by atoms with E-state index in [1.54, 1.807) is 13.1 Å². The molecule has 0 atom stereocenters. The molecular weight excluding hydrogens is 251 g/mol. The molecule has 0 spiro atoms. The van der Waals surface area contributed by atoms with E-state index in [4.69, 9.17) is 0 Å². The smallest absolute Gasteiger partial charge is 0.195 e. The second-order valence-corrected chi connectivity index (χ2v) is 4.95. The summed E-state index contributed by atoms with van der Waals surface area (Å²) in [4.78, 5) is 0.861. The van der Waals surface area contributed by atoms with Gasteiger partial charge < -0.3 is 9.88 Å². The Balaban J connectivity index is 2.34. The highest BCUT2D eigenvalue weighted by Crippen LogP contribution is 2.30. The lowest BCUT2D eigenvalue weighted by Gasteiger charge is -2.09. The molecule has 0 amide bonds. The standard InChI is InChI=1S/C12H15FN4S/c1-8-15-16-12(17(8)3)18-11-6-4-5-10(13)9(11)7-14-2/h4-6,14H,7H2,1-3H3. The monoisotopic (exact) mass is 266 g/mol. The van der Waals surface area contributed by atoms with Crippen LogP contribution in [0.1, 0.15) is 11.4 Å². The van der Waals surface area contributed by atoms with Gasteiger partial charge in [-0.25, -0.2) is 4.39 Å². The first-order chi connectivity index (χ1) is 8.63.